The van der Waals surface area contributed by atoms with E-state index >= 15 is 0 Å². The molecule has 0 fully saturated rings. The number of anilines is 2. The van der Waals surface area contributed by atoms with Gasteiger partial charge >= 0.3 is 12.0 Å². The molecule has 9 heteroatoms. The van der Waals surface area contributed by atoms with Crippen LogP contribution in [0, 0.1) is 0 Å². The molecule has 0 aliphatic heterocycles. The molecule has 0 aliphatic carbocycles. The minimum absolute atomic E-state index is 0.280. The van der Waals surface area contributed by atoms with Crippen LogP contribution in [0.15, 0.2) is 48.5 Å². The SMILES string of the molecule is CCOC(=O)c1ccc(CNC(=O)Nc2ccc(NS(C)(=O)=O)cc2)cc1. The van der Waals surface area contributed by atoms with Crippen LogP contribution in [0.1, 0.15) is 22.8 Å². The van der Waals surface area contributed by atoms with Crippen molar-refractivity contribution in [1.29, 1.82) is 0 Å². The van der Waals surface area contributed by atoms with Crippen LogP contribution in [0.2, 0.25) is 0 Å². The number of rotatable bonds is 7. The summed E-state index contributed by atoms with van der Waals surface area (Å²) in [7, 11) is -3.34. The number of benzene rings is 2. The van der Waals surface area contributed by atoms with E-state index in [1.54, 1.807) is 55.5 Å². The van der Waals surface area contributed by atoms with Crippen LogP contribution < -0.4 is 15.4 Å². The van der Waals surface area contributed by atoms with Crippen molar-refractivity contribution >= 4 is 33.4 Å². The topological polar surface area (TPSA) is 114 Å². The molecule has 0 atom stereocenters. The predicted molar refractivity (Wildman–Crippen MR) is 103 cm³/mol. The number of hydrogen-bond acceptors (Lipinski definition) is 5. The third-order valence-electron chi connectivity index (χ3n) is 3.36. The van der Waals surface area contributed by atoms with Crippen LogP contribution in [0.5, 0.6) is 0 Å². The van der Waals surface area contributed by atoms with E-state index in [2.05, 4.69) is 15.4 Å². The molecule has 144 valence electrons. The molecule has 0 saturated carbocycles. The van der Waals surface area contributed by atoms with Gasteiger partial charge in [0.15, 0.2) is 0 Å². The van der Waals surface area contributed by atoms with Gasteiger partial charge in [-0.3, -0.25) is 4.72 Å². The second-order valence-corrected chi connectivity index (χ2v) is 7.43. The van der Waals surface area contributed by atoms with E-state index in [-0.39, 0.29) is 12.5 Å². The average molecular weight is 391 g/mol. The maximum absolute atomic E-state index is 12.0. The molecule has 27 heavy (non-hydrogen) atoms. The Morgan fingerprint density at radius 3 is 2.11 bits per heavy atom. The fraction of sp³-hybridized carbons (Fsp3) is 0.222. The Morgan fingerprint density at radius 2 is 1.56 bits per heavy atom. The summed E-state index contributed by atoms with van der Waals surface area (Å²) in [6.45, 7) is 2.33. The molecule has 0 saturated heterocycles. The summed E-state index contributed by atoms with van der Waals surface area (Å²) in [6.07, 6.45) is 1.06. The number of ether oxygens (including phenoxy) is 1. The summed E-state index contributed by atoms with van der Waals surface area (Å²) >= 11 is 0. The molecule has 8 nitrogen and oxygen atoms in total. The van der Waals surface area contributed by atoms with Crippen molar-refractivity contribution in [3.8, 4) is 0 Å². The Hall–Kier alpha value is -3.07. The molecule has 2 rings (SSSR count). The van der Waals surface area contributed by atoms with Gasteiger partial charge in [0, 0.05) is 17.9 Å². The number of urea groups is 1. The molecular weight excluding hydrogens is 370 g/mol. The molecule has 0 unspecified atom stereocenters. The number of carbonyl (C=O) groups excluding carboxylic acids is 2. The van der Waals surface area contributed by atoms with Gasteiger partial charge < -0.3 is 15.4 Å². The van der Waals surface area contributed by atoms with Crippen molar-refractivity contribution in [1.82, 2.24) is 5.32 Å². The maximum atomic E-state index is 12.0. The molecule has 2 aromatic rings. The van der Waals surface area contributed by atoms with E-state index in [1.165, 1.54) is 0 Å². The van der Waals surface area contributed by atoms with E-state index < -0.39 is 16.1 Å². The van der Waals surface area contributed by atoms with E-state index in [0.717, 1.165) is 11.8 Å². The first-order valence-corrected chi connectivity index (χ1v) is 10.0. The third-order valence-corrected chi connectivity index (χ3v) is 3.97. The van der Waals surface area contributed by atoms with E-state index in [0.29, 0.717) is 23.5 Å². The number of nitrogens with one attached hydrogen (secondary N) is 3. The zero-order valence-electron chi connectivity index (χ0n) is 15.0. The van der Waals surface area contributed by atoms with Gasteiger partial charge in [-0.15, -0.1) is 0 Å². The van der Waals surface area contributed by atoms with Gasteiger partial charge in [-0.25, -0.2) is 18.0 Å². The highest BCUT2D eigenvalue weighted by Gasteiger charge is 2.07. The zero-order valence-corrected chi connectivity index (χ0v) is 15.8. The molecule has 0 aromatic heterocycles. The van der Waals surface area contributed by atoms with Crippen LogP contribution in [0.25, 0.3) is 0 Å². The largest absolute Gasteiger partial charge is 0.462 e. The number of hydrogen-bond donors (Lipinski definition) is 3. The first-order valence-electron chi connectivity index (χ1n) is 8.15. The zero-order chi connectivity index (χ0) is 19.9. The summed E-state index contributed by atoms with van der Waals surface area (Å²) in [5, 5.41) is 5.34. The van der Waals surface area contributed by atoms with Crippen LogP contribution in [0.3, 0.4) is 0 Å². The quantitative estimate of drug-likeness (QED) is 0.628. The van der Waals surface area contributed by atoms with Crippen molar-refractivity contribution in [3.05, 3.63) is 59.7 Å². The average Bonchev–Trinajstić information content (AvgIpc) is 2.61. The lowest BCUT2D eigenvalue weighted by Gasteiger charge is -2.09. The number of carbonyl (C=O) groups is 2. The molecule has 2 amide bonds. The smallest absolute Gasteiger partial charge is 0.338 e. The first kappa shape index (κ1) is 20.2. The summed E-state index contributed by atoms with van der Waals surface area (Å²) in [5.74, 6) is -0.386. The summed E-state index contributed by atoms with van der Waals surface area (Å²) in [6, 6.07) is 12.6. The lowest BCUT2D eigenvalue weighted by molar-refractivity contribution is 0.0526. The van der Waals surface area contributed by atoms with Gasteiger partial charge in [0.2, 0.25) is 10.0 Å². The summed E-state index contributed by atoms with van der Waals surface area (Å²) in [4.78, 5) is 23.5. The van der Waals surface area contributed by atoms with Gasteiger partial charge in [0.25, 0.3) is 0 Å². The molecule has 0 aliphatic rings. The van der Waals surface area contributed by atoms with Crippen LogP contribution in [-0.2, 0) is 21.3 Å². The Bertz CT molecular complexity index is 894. The molecule has 0 radical (unpaired) electrons. The standard InChI is InChI=1S/C18H21N3O5S/c1-3-26-17(22)14-6-4-13(5-7-14)12-19-18(23)20-15-8-10-16(11-9-15)21-27(2,24)25/h4-11,21H,3,12H2,1-2H3,(H2,19,20,23). The van der Waals surface area contributed by atoms with Gasteiger partial charge in [-0.1, -0.05) is 12.1 Å². The van der Waals surface area contributed by atoms with Gasteiger partial charge in [0.1, 0.15) is 0 Å². The van der Waals surface area contributed by atoms with Crippen molar-refractivity contribution in [2.45, 2.75) is 13.5 Å². The second kappa shape index (κ2) is 9.04. The van der Waals surface area contributed by atoms with E-state index in [9.17, 15) is 18.0 Å². The Morgan fingerprint density at radius 1 is 0.963 bits per heavy atom. The lowest BCUT2D eigenvalue weighted by Crippen LogP contribution is -2.28. The maximum Gasteiger partial charge on any atom is 0.338 e. The monoisotopic (exact) mass is 391 g/mol. The third kappa shape index (κ3) is 6.98. The minimum Gasteiger partial charge on any atom is -0.462 e. The van der Waals surface area contributed by atoms with E-state index in [4.69, 9.17) is 4.74 Å². The van der Waals surface area contributed by atoms with Gasteiger partial charge in [-0.2, -0.15) is 0 Å². The van der Waals surface area contributed by atoms with Crippen molar-refractivity contribution in [3.63, 3.8) is 0 Å². The molecule has 0 spiro atoms. The highest BCUT2D eigenvalue weighted by atomic mass is 32.2. The Kier molecular flexibility index (Phi) is 6.78. The Balaban J connectivity index is 1.84. The van der Waals surface area contributed by atoms with Crippen molar-refractivity contribution < 1.29 is 22.7 Å². The van der Waals surface area contributed by atoms with Crippen molar-refractivity contribution in [2.24, 2.45) is 0 Å². The normalized spacial score (nSPS) is 10.7. The highest BCUT2D eigenvalue weighted by molar-refractivity contribution is 7.92. The van der Waals surface area contributed by atoms with Crippen molar-refractivity contribution in [2.75, 3.05) is 22.9 Å². The van der Waals surface area contributed by atoms with E-state index in [1.807, 2.05) is 0 Å². The molecule has 0 heterocycles. The molecule has 0 bridgehead atoms. The number of esters is 1. The first-order chi connectivity index (χ1) is 12.8. The Labute approximate surface area is 158 Å². The van der Waals surface area contributed by atoms with Crippen LogP contribution in [-0.4, -0.2) is 33.3 Å². The van der Waals surface area contributed by atoms with Gasteiger partial charge in [-0.05, 0) is 48.9 Å². The summed E-state index contributed by atoms with van der Waals surface area (Å²) in [5.41, 5.74) is 2.20. The highest BCUT2D eigenvalue weighted by Crippen LogP contribution is 2.14. The molecular formula is C18H21N3O5S. The van der Waals surface area contributed by atoms with Gasteiger partial charge in [0.05, 0.1) is 18.4 Å². The number of amides is 2. The molecule has 2 aromatic carbocycles. The minimum atomic E-state index is -3.34. The molecule has 3 N–H and O–H groups in total. The summed E-state index contributed by atoms with van der Waals surface area (Å²) < 4.78 is 29.6. The number of sulfonamides is 1. The fourth-order valence-electron chi connectivity index (χ4n) is 2.17. The van der Waals surface area contributed by atoms with Crippen LogP contribution in [0.4, 0.5) is 16.2 Å². The fourth-order valence-corrected chi connectivity index (χ4v) is 2.73. The lowest BCUT2D eigenvalue weighted by atomic mass is 10.1. The second-order valence-electron chi connectivity index (χ2n) is 5.68. The predicted octanol–water partition coefficient (Wildman–Crippen LogP) is 2.56. The van der Waals surface area contributed by atoms with Crippen LogP contribution >= 0.6 is 0 Å².